The van der Waals surface area contributed by atoms with Crippen LogP contribution < -0.4 is 14.4 Å². The summed E-state index contributed by atoms with van der Waals surface area (Å²) >= 11 is 0. The van der Waals surface area contributed by atoms with Crippen molar-refractivity contribution in [2.75, 3.05) is 35.5 Å². The molecule has 4 rings (SSSR count). The van der Waals surface area contributed by atoms with Crippen LogP contribution in [0.15, 0.2) is 53.4 Å². The Bertz CT molecular complexity index is 1220. The molecule has 2 aromatic rings. The Labute approximate surface area is 194 Å². The SMILES string of the molecule is CS(=O)(=O)N1C[C@H](C(=O)Nc2ccc(S(=O)(=O)N3CCCCCC3)cc2)Oc2ccccc21. The molecule has 2 aliphatic heterocycles. The van der Waals surface area contributed by atoms with Crippen LogP contribution in [0.1, 0.15) is 25.7 Å². The second kappa shape index (κ2) is 9.32. The molecule has 0 radical (unpaired) electrons. The molecule has 1 amide bonds. The zero-order valence-corrected chi connectivity index (χ0v) is 19.9. The number of rotatable bonds is 5. The van der Waals surface area contributed by atoms with Crippen molar-refractivity contribution in [3.05, 3.63) is 48.5 Å². The van der Waals surface area contributed by atoms with E-state index in [1.165, 1.54) is 28.6 Å². The summed E-state index contributed by atoms with van der Waals surface area (Å²) in [6.45, 7) is 0.861. The van der Waals surface area contributed by atoms with Crippen molar-refractivity contribution in [1.82, 2.24) is 4.31 Å². The molecule has 1 saturated heterocycles. The van der Waals surface area contributed by atoms with E-state index in [9.17, 15) is 21.6 Å². The Kier molecular flexibility index (Phi) is 6.64. The van der Waals surface area contributed by atoms with Crippen molar-refractivity contribution >= 4 is 37.3 Å². The number of amides is 1. The molecule has 1 N–H and O–H groups in total. The number of fused-ring (bicyclic) bond motifs is 1. The van der Waals surface area contributed by atoms with Crippen LogP contribution in [-0.2, 0) is 24.8 Å². The van der Waals surface area contributed by atoms with Crippen molar-refractivity contribution < 1.29 is 26.4 Å². The molecule has 0 aromatic heterocycles. The lowest BCUT2D eigenvalue weighted by Gasteiger charge is -2.33. The number of hydrogen-bond acceptors (Lipinski definition) is 6. The van der Waals surface area contributed by atoms with E-state index in [0.29, 0.717) is 30.2 Å². The van der Waals surface area contributed by atoms with E-state index in [0.717, 1.165) is 36.2 Å². The van der Waals surface area contributed by atoms with Gasteiger partial charge < -0.3 is 10.1 Å². The van der Waals surface area contributed by atoms with Gasteiger partial charge in [0, 0.05) is 18.8 Å². The summed E-state index contributed by atoms with van der Waals surface area (Å²) < 4.78 is 58.7. The van der Waals surface area contributed by atoms with Crippen molar-refractivity contribution in [1.29, 1.82) is 0 Å². The van der Waals surface area contributed by atoms with Crippen molar-refractivity contribution in [3.8, 4) is 5.75 Å². The third-order valence-electron chi connectivity index (χ3n) is 5.75. The number of nitrogens with zero attached hydrogens (tertiary/aromatic N) is 2. The van der Waals surface area contributed by atoms with E-state index >= 15 is 0 Å². The number of hydrogen-bond donors (Lipinski definition) is 1. The number of anilines is 2. The highest BCUT2D eigenvalue weighted by atomic mass is 32.2. The highest BCUT2D eigenvalue weighted by molar-refractivity contribution is 7.92. The average Bonchev–Trinajstić information content (AvgIpc) is 3.08. The average molecular weight is 494 g/mol. The van der Waals surface area contributed by atoms with Crippen molar-refractivity contribution in [2.24, 2.45) is 0 Å². The fourth-order valence-electron chi connectivity index (χ4n) is 4.02. The Hall–Kier alpha value is -2.63. The first kappa shape index (κ1) is 23.5. The minimum absolute atomic E-state index is 0.164. The third kappa shape index (κ3) is 5.15. The van der Waals surface area contributed by atoms with Gasteiger partial charge in [-0.15, -0.1) is 0 Å². The van der Waals surface area contributed by atoms with Gasteiger partial charge in [0.2, 0.25) is 20.0 Å². The fraction of sp³-hybridized carbons (Fsp3) is 0.409. The van der Waals surface area contributed by atoms with E-state index in [1.807, 2.05) is 0 Å². The second-order valence-corrected chi connectivity index (χ2v) is 12.0. The number of sulfonamides is 2. The summed E-state index contributed by atoms with van der Waals surface area (Å²) in [5, 5.41) is 2.69. The monoisotopic (exact) mass is 493 g/mol. The molecule has 9 nitrogen and oxygen atoms in total. The summed E-state index contributed by atoms with van der Waals surface area (Å²) in [5.74, 6) is -0.227. The predicted octanol–water partition coefficient (Wildman–Crippen LogP) is 2.42. The van der Waals surface area contributed by atoms with Gasteiger partial charge in [0.15, 0.2) is 6.10 Å². The molecular formula is C22H27N3O6S2. The lowest BCUT2D eigenvalue weighted by molar-refractivity contribution is -0.122. The normalized spacial score (nSPS) is 19.8. The second-order valence-electron chi connectivity index (χ2n) is 8.20. The van der Waals surface area contributed by atoms with Gasteiger partial charge in [-0.05, 0) is 49.2 Å². The molecule has 0 spiro atoms. The molecule has 0 saturated carbocycles. The van der Waals surface area contributed by atoms with Crippen LogP contribution in [0, 0.1) is 0 Å². The Balaban J connectivity index is 1.48. The summed E-state index contributed by atoms with van der Waals surface area (Å²) in [5.41, 5.74) is 0.773. The maximum absolute atomic E-state index is 12.9. The highest BCUT2D eigenvalue weighted by Crippen LogP contribution is 2.34. The van der Waals surface area contributed by atoms with Gasteiger partial charge in [0.25, 0.3) is 5.91 Å². The molecule has 1 fully saturated rings. The molecule has 0 bridgehead atoms. The van der Waals surface area contributed by atoms with Crippen LogP contribution in [0.2, 0.25) is 0 Å². The maximum atomic E-state index is 12.9. The molecule has 11 heteroatoms. The summed E-state index contributed by atoms with van der Waals surface area (Å²) in [7, 11) is -7.20. The Morgan fingerprint density at radius 2 is 1.58 bits per heavy atom. The Morgan fingerprint density at radius 3 is 2.21 bits per heavy atom. The molecule has 0 unspecified atom stereocenters. The van der Waals surface area contributed by atoms with Crippen LogP contribution in [0.4, 0.5) is 11.4 Å². The summed E-state index contributed by atoms with van der Waals surface area (Å²) in [6, 6.07) is 12.6. The highest BCUT2D eigenvalue weighted by Gasteiger charge is 2.35. The van der Waals surface area contributed by atoms with Gasteiger partial charge in [-0.3, -0.25) is 9.10 Å². The zero-order valence-electron chi connectivity index (χ0n) is 18.3. The number of carbonyl (C=O) groups is 1. The first-order chi connectivity index (χ1) is 15.7. The third-order valence-corrected chi connectivity index (χ3v) is 8.81. The van der Waals surface area contributed by atoms with Crippen LogP contribution in [0.3, 0.4) is 0 Å². The summed E-state index contributed by atoms with van der Waals surface area (Å²) in [6.07, 6.45) is 3.77. The van der Waals surface area contributed by atoms with E-state index in [4.69, 9.17) is 4.74 Å². The first-order valence-corrected chi connectivity index (χ1v) is 14.1. The largest absolute Gasteiger partial charge is 0.476 e. The van der Waals surface area contributed by atoms with E-state index in [1.54, 1.807) is 24.3 Å². The minimum Gasteiger partial charge on any atom is -0.476 e. The van der Waals surface area contributed by atoms with E-state index < -0.39 is 32.1 Å². The number of ether oxygens (including phenoxy) is 1. The molecule has 1 atom stereocenters. The summed E-state index contributed by atoms with van der Waals surface area (Å²) in [4.78, 5) is 13.0. The van der Waals surface area contributed by atoms with Crippen LogP contribution >= 0.6 is 0 Å². The van der Waals surface area contributed by atoms with Gasteiger partial charge in [-0.1, -0.05) is 25.0 Å². The number of carbonyl (C=O) groups excluding carboxylic acids is 1. The molecule has 2 aromatic carbocycles. The van der Waals surface area contributed by atoms with Crippen LogP contribution in [-0.4, -0.2) is 59.0 Å². The molecule has 33 heavy (non-hydrogen) atoms. The molecule has 2 aliphatic rings. The van der Waals surface area contributed by atoms with Crippen LogP contribution in [0.25, 0.3) is 0 Å². The molecule has 2 heterocycles. The standard InChI is InChI=1S/C22H27N3O6S2/c1-32(27,28)25-16-21(31-20-9-5-4-8-19(20)25)22(26)23-17-10-12-18(13-11-17)33(29,30)24-14-6-2-3-7-15-24/h4-5,8-13,21H,2-3,6-7,14-16H2,1H3,(H,23,26)/t21-/m1/s1. The van der Waals surface area contributed by atoms with Gasteiger partial charge in [0.1, 0.15) is 5.75 Å². The van der Waals surface area contributed by atoms with Gasteiger partial charge in [0.05, 0.1) is 23.4 Å². The number of para-hydroxylation sites is 2. The molecule has 178 valence electrons. The molecule has 0 aliphatic carbocycles. The van der Waals surface area contributed by atoms with Crippen LogP contribution in [0.5, 0.6) is 5.75 Å². The predicted molar refractivity (Wildman–Crippen MR) is 125 cm³/mol. The number of nitrogens with one attached hydrogen (secondary N) is 1. The maximum Gasteiger partial charge on any atom is 0.267 e. The smallest absolute Gasteiger partial charge is 0.267 e. The zero-order chi connectivity index (χ0) is 23.6. The van der Waals surface area contributed by atoms with E-state index in [-0.39, 0.29) is 11.4 Å². The van der Waals surface area contributed by atoms with Gasteiger partial charge in [-0.25, -0.2) is 16.8 Å². The quantitative estimate of drug-likeness (QED) is 0.685. The number of benzene rings is 2. The topological polar surface area (TPSA) is 113 Å². The van der Waals surface area contributed by atoms with Gasteiger partial charge >= 0.3 is 0 Å². The minimum atomic E-state index is -3.61. The van der Waals surface area contributed by atoms with E-state index in [2.05, 4.69) is 5.32 Å². The Morgan fingerprint density at radius 1 is 0.939 bits per heavy atom. The fourth-order valence-corrected chi connectivity index (χ4v) is 6.45. The lowest BCUT2D eigenvalue weighted by atomic mass is 10.2. The lowest BCUT2D eigenvalue weighted by Crippen LogP contribution is -2.48. The van der Waals surface area contributed by atoms with Gasteiger partial charge in [-0.2, -0.15) is 4.31 Å². The first-order valence-electron chi connectivity index (χ1n) is 10.8. The van der Waals surface area contributed by atoms with Crippen molar-refractivity contribution in [3.63, 3.8) is 0 Å². The van der Waals surface area contributed by atoms with Crippen molar-refractivity contribution in [2.45, 2.75) is 36.7 Å². The molecular weight excluding hydrogens is 466 g/mol.